The van der Waals surface area contributed by atoms with Crippen LogP contribution in [0.1, 0.15) is 43.0 Å². The molecule has 2 aromatic rings. The van der Waals surface area contributed by atoms with Crippen LogP contribution >= 0.6 is 0 Å². The average molecular weight is 392 g/mol. The lowest BCUT2D eigenvalue weighted by Gasteiger charge is -2.43. The van der Waals surface area contributed by atoms with Gasteiger partial charge in [-0.3, -0.25) is 9.69 Å². The predicted molar refractivity (Wildman–Crippen MR) is 112 cm³/mol. The van der Waals surface area contributed by atoms with Gasteiger partial charge in [0.2, 0.25) is 0 Å². The fourth-order valence-corrected chi connectivity index (χ4v) is 4.31. The van der Waals surface area contributed by atoms with Gasteiger partial charge in [-0.25, -0.2) is 4.79 Å². The maximum atomic E-state index is 12.9. The number of carboxylic acid groups (broad SMARTS) is 1. The van der Waals surface area contributed by atoms with E-state index in [1.54, 1.807) is 23.2 Å². The summed E-state index contributed by atoms with van der Waals surface area (Å²) < 4.78 is 5.97. The van der Waals surface area contributed by atoms with E-state index in [0.717, 1.165) is 24.2 Å². The van der Waals surface area contributed by atoms with Gasteiger partial charge in [-0.2, -0.15) is 0 Å². The Morgan fingerprint density at radius 1 is 1.10 bits per heavy atom. The molecule has 0 saturated heterocycles. The van der Waals surface area contributed by atoms with Gasteiger partial charge in [0.1, 0.15) is 17.5 Å². The van der Waals surface area contributed by atoms with Crippen molar-refractivity contribution in [3.05, 3.63) is 60.8 Å². The normalized spacial score (nSPS) is 19.2. The highest BCUT2D eigenvalue weighted by Crippen LogP contribution is 2.43. The van der Waals surface area contributed by atoms with E-state index in [1.807, 2.05) is 25.1 Å². The molecule has 1 saturated carbocycles. The molecule has 4 rings (SSSR count). The van der Waals surface area contributed by atoms with E-state index in [0.29, 0.717) is 17.5 Å². The minimum Gasteiger partial charge on any atom is -0.478 e. The molecule has 1 amide bonds. The van der Waals surface area contributed by atoms with Crippen LogP contribution in [-0.2, 0) is 4.79 Å². The SMILES string of the molecule is C=CN1C(=O)C(C)N(C2CCCC2)c2cc(Oc3ccc(C(=O)O)cc3)ccc21. The number of hydrogen-bond donors (Lipinski definition) is 1. The summed E-state index contributed by atoms with van der Waals surface area (Å²) in [6.45, 7) is 5.75. The number of hydrogen-bond acceptors (Lipinski definition) is 4. The highest BCUT2D eigenvalue weighted by atomic mass is 16.5. The average Bonchev–Trinajstić information content (AvgIpc) is 3.24. The predicted octanol–water partition coefficient (Wildman–Crippen LogP) is 4.80. The molecule has 1 aliphatic heterocycles. The first-order chi connectivity index (χ1) is 14.0. The second kappa shape index (κ2) is 7.62. The molecule has 150 valence electrons. The fourth-order valence-electron chi connectivity index (χ4n) is 4.31. The number of benzene rings is 2. The Morgan fingerprint density at radius 3 is 2.38 bits per heavy atom. The molecule has 0 radical (unpaired) electrons. The number of carbonyl (C=O) groups excluding carboxylic acids is 1. The van der Waals surface area contributed by atoms with Gasteiger partial charge in [-0.05, 0) is 56.2 Å². The summed E-state index contributed by atoms with van der Waals surface area (Å²) in [5, 5.41) is 9.04. The highest BCUT2D eigenvalue weighted by molar-refractivity contribution is 6.06. The molecular weight excluding hydrogens is 368 g/mol. The monoisotopic (exact) mass is 392 g/mol. The Balaban J connectivity index is 1.69. The Bertz CT molecular complexity index is 948. The molecule has 1 unspecified atom stereocenters. The Kier molecular flexibility index (Phi) is 5.01. The molecule has 1 aliphatic carbocycles. The molecular formula is C23H24N2O4. The van der Waals surface area contributed by atoms with Crippen LogP contribution < -0.4 is 14.5 Å². The molecule has 0 aromatic heterocycles. The van der Waals surface area contributed by atoms with E-state index < -0.39 is 5.97 Å². The van der Waals surface area contributed by atoms with Crippen molar-refractivity contribution >= 4 is 23.3 Å². The van der Waals surface area contributed by atoms with Crippen LogP contribution in [0.3, 0.4) is 0 Å². The van der Waals surface area contributed by atoms with E-state index in [1.165, 1.54) is 25.0 Å². The number of carboxylic acids is 1. The van der Waals surface area contributed by atoms with Gasteiger partial charge in [-0.15, -0.1) is 0 Å². The zero-order valence-electron chi connectivity index (χ0n) is 16.4. The highest BCUT2D eigenvalue weighted by Gasteiger charge is 2.39. The summed E-state index contributed by atoms with van der Waals surface area (Å²) in [6.07, 6.45) is 6.07. The topological polar surface area (TPSA) is 70.1 Å². The van der Waals surface area contributed by atoms with Gasteiger partial charge >= 0.3 is 5.97 Å². The lowest BCUT2D eigenvalue weighted by Crippen LogP contribution is -2.53. The van der Waals surface area contributed by atoms with Gasteiger partial charge in [0.05, 0.1) is 16.9 Å². The van der Waals surface area contributed by atoms with Crippen molar-refractivity contribution in [2.24, 2.45) is 0 Å². The van der Waals surface area contributed by atoms with Crippen molar-refractivity contribution in [3.8, 4) is 11.5 Å². The fraction of sp³-hybridized carbons (Fsp3) is 0.304. The zero-order valence-corrected chi connectivity index (χ0v) is 16.4. The lowest BCUT2D eigenvalue weighted by atomic mass is 10.0. The molecule has 6 heteroatoms. The number of carbonyl (C=O) groups is 2. The summed E-state index contributed by atoms with van der Waals surface area (Å²) in [7, 11) is 0. The zero-order chi connectivity index (χ0) is 20.5. The Labute approximate surface area is 170 Å². The maximum Gasteiger partial charge on any atom is 0.335 e. The van der Waals surface area contributed by atoms with Crippen molar-refractivity contribution < 1.29 is 19.4 Å². The van der Waals surface area contributed by atoms with Crippen molar-refractivity contribution in [3.63, 3.8) is 0 Å². The number of anilines is 2. The number of fused-ring (bicyclic) bond motifs is 1. The molecule has 2 aliphatic rings. The van der Waals surface area contributed by atoms with Crippen LogP contribution in [0.2, 0.25) is 0 Å². The quantitative estimate of drug-likeness (QED) is 0.791. The third-order valence-electron chi connectivity index (χ3n) is 5.73. The van der Waals surface area contributed by atoms with Crippen molar-refractivity contribution in [2.45, 2.75) is 44.7 Å². The van der Waals surface area contributed by atoms with Crippen LogP contribution in [0.5, 0.6) is 11.5 Å². The second-order valence-electron chi connectivity index (χ2n) is 7.49. The third-order valence-corrected chi connectivity index (χ3v) is 5.73. The van der Waals surface area contributed by atoms with E-state index in [9.17, 15) is 9.59 Å². The summed E-state index contributed by atoms with van der Waals surface area (Å²) in [5.74, 6) is 0.251. The first kappa shape index (κ1) is 19.1. The van der Waals surface area contributed by atoms with E-state index in [4.69, 9.17) is 9.84 Å². The summed E-state index contributed by atoms with van der Waals surface area (Å²) in [5.41, 5.74) is 1.98. The van der Waals surface area contributed by atoms with Crippen molar-refractivity contribution in [1.29, 1.82) is 0 Å². The van der Waals surface area contributed by atoms with E-state index >= 15 is 0 Å². The van der Waals surface area contributed by atoms with Gasteiger partial charge in [0.25, 0.3) is 5.91 Å². The molecule has 29 heavy (non-hydrogen) atoms. The molecule has 0 spiro atoms. The minimum absolute atomic E-state index is 0.0253. The van der Waals surface area contributed by atoms with Crippen LogP contribution in [0.25, 0.3) is 0 Å². The van der Waals surface area contributed by atoms with Gasteiger partial charge in [0, 0.05) is 18.3 Å². The standard InChI is InChI=1S/C23H24N2O4/c1-3-24-20-13-12-19(29-18-10-8-16(9-11-18)23(27)28)14-21(20)25(15(2)22(24)26)17-6-4-5-7-17/h3,8-15,17H,1,4-7H2,2H3,(H,27,28). The van der Waals surface area contributed by atoms with Gasteiger partial charge in [0.15, 0.2) is 0 Å². The summed E-state index contributed by atoms with van der Waals surface area (Å²) >= 11 is 0. The third kappa shape index (κ3) is 3.46. The molecule has 6 nitrogen and oxygen atoms in total. The van der Waals surface area contributed by atoms with Gasteiger partial charge < -0.3 is 14.7 Å². The first-order valence-corrected chi connectivity index (χ1v) is 9.89. The number of rotatable bonds is 5. The number of amides is 1. The molecule has 1 fully saturated rings. The van der Waals surface area contributed by atoms with Gasteiger partial charge in [-0.1, -0.05) is 19.4 Å². The molecule has 1 N–H and O–H groups in total. The maximum absolute atomic E-state index is 12.9. The van der Waals surface area contributed by atoms with Crippen molar-refractivity contribution in [1.82, 2.24) is 0 Å². The van der Waals surface area contributed by atoms with Crippen LogP contribution in [0.15, 0.2) is 55.2 Å². The molecule has 1 heterocycles. The summed E-state index contributed by atoms with van der Waals surface area (Å²) in [6, 6.07) is 12.0. The molecule has 2 aromatic carbocycles. The molecule has 1 atom stereocenters. The Hall–Kier alpha value is -3.28. The number of ether oxygens (including phenoxy) is 1. The largest absolute Gasteiger partial charge is 0.478 e. The van der Waals surface area contributed by atoms with Crippen LogP contribution in [0, 0.1) is 0 Å². The molecule has 0 bridgehead atoms. The van der Waals surface area contributed by atoms with E-state index in [-0.39, 0.29) is 17.5 Å². The first-order valence-electron chi connectivity index (χ1n) is 9.89. The van der Waals surface area contributed by atoms with Crippen LogP contribution in [0.4, 0.5) is 11.4 Å². The van der Waals surface area contributed by atoms with E-state index in [2.05, 4.69) is 11.5 Å². The lowest BCUT2D eigenvalue weighted by molar-refractivity contribution is -0.119. The number of aromatic carboxylic acids is 1. The summed E-state index contributed by atoms with van der Waals surface area (Å²) in [4.78, 5) is 27.7. The van der Waals surface area contributed by atoms with Crippen LogP contribution in [-0.4, -0.2) is 29.1 Å². The second-order valence-corrected chi connectivity index (χ2v) is 7.49. The van der Waals surface area contributed by atoms with Crippen molar-refractivity contribution in [2.75, 3.05) is 9.80 Å². The number of nitrogens with zero attached hydrogens (tertiary/aromatic N) is 2. The Morgan fingerprint density at radius 2 is 1.76 bits per heavy atom. The smallest absolute Gasteiger partial charge is 0.335 e. The minimum atomic E-state index is -0.972.